The van der Waals surface area contributed by atoms with Crippen molar-refractivity contribution in [2.24, 2.45) is 0 Å². The molecule has 0 bridgehead atoms. The van der Waals surface area contributed by atoms with Crippen molar-refractivity contribution in [2.75, 3.05) is 58.7 Å². The lowest BCUT2D eigenvalue weighted by Crippen LogP contribution is -2.12. The molecule has 5 nitrogen and oxygen atoms in total. The molecule has 108 valence electrons. The van der Waals surface area contributed by atoms with Gasteiger partial charge in [-0.05, 0) is 12.5 Å². The summed E-state index contributed by atoms with van der Waals surface area (Å²) in [7, 11) is 0. The first-order valence-electron chi connectivity index (χ1n) is 6.08. The van der Waals surface area contributed by atoms with Crippen LogP contribution in [0.2, 0.25) is 0 Å². The average molecular weight is 283 g/mol. The van der Waals surface area contributed by atoms with Gasteiger partial charge in [0.05, 0.1) is 52.5 Å². The van der Waals surface area contributed by atoms with Crippen molar-refractivity contribution < 1.29 is 24.1 Å². The van der Waals surface area contributed by atoms with E-state index in [0.29, 0.717) is 52.1 Å². The maximum atomic E-state index is 8.45. The van der Waals surface area contributed by atoms with Gasteiger partial charge in [0, 0.05) is 5.88 Å². The van der Waals surface area contributed by atoms with Crippen LogP contribution >= 0.6 is 11.6 Å². The van der Waals surface area contributed by atoms with Crippen LogP contribution in [0.4, 0.5) is 0 Å². The van der Waals surface area contributed by atoms with Gasteiger partial charge in [-0.2, -0.15) is 0 Å². The monoisotopic (exact) mass is 282 g/mol. The smallest absolute Gasteiger partial charge is 0.111 e. The summed E-state index contributed by atoms with van der Waals surface area (Å²) in [5, 5.41) is 8.45. The third kappa shape index (κ3) is 15.7. The summed E-state index contributed by atoms with van der Waals surface area (Å²) in [5.41, 5.74) is 0. The lowest BCUT2D eigenvalue weighted by atomic mass is 10.5. The van der Waals surface area contributed by atoms with Gasteiger partial charge in [-0.25, -0.2) is 0 Å². The molecule has 0 amide bonds. The van der Waals surface area contributed by atoms with E-state index in [-0.39, 0.29) is 6.61 Å². The zero-order valence-corrected chi connectivity index (χ0v) is 11.4. The Hall–Kier alpha value is -0.330. The van der Waals surface area contributed by atoms with E-state index in [1.165, 1.54) is 0 Å². The fourth-order valence-electron chi connectivity index (χ4n) is 0.981. The van der Waals surface area contributed by atoms with E-state index in [1.54, 1.807) is 6.26 Å². The molecule has 0 atom stereocenters. The number of alkyl halides is 1. The Kier molecular flexibility index (Phi) is 16.4. The molecule has 0 aliphatic carbocycles. The van der Waals surface area contributed by atoms with Gasteiger partial charge in [-0.15, -0.1) is 11.6 Å². The van der Waals surface area contributed by atoms with Crippen LogP contribution in [0.5, 0.6) is 0 Å². The molecule has 1 N–H and O–H groups in total. The van der Waals surface area contributed by atoms with Crippen LogP contribution < -0.4 is 0 Å². The molecule has 0 aliphatic heterocycles. The summed E-state index contributed by atoms with van der Waals surface area (Å²) in [6, 6.07) is 0. The van der Waals surface area contributed by atoms with E-state index >= 15 is 0 Å². The number of hydrogen-bond donors (Lipinski definition) is 1. The first-order valence-corrected chi connectivity index (χ1v) is 6.62. The predicted octanol–water partition coefficient (Wildman–Crippen LogP) is 1.19. The van der Waals surface area contributed by atoms with Crippen molar-refractivity contribution in [3.8, 4) is 0 Å². The molecule has 0 rings (SSSR count). The van der Waals surface area contributed by atoms with Gasteiger partial charge in [-0.1, -0.05) is 0 Å². The molecular formula is C12H23ClO5. The van der Waals surface area contributed by atoms with E-state index in [1.807, 2.05) is 6.08 Å². The SMILES string of the molecule is OCCOCCOCCOCCOC=CCCCl. The average Bonchev–Trinajstić information content (AvgIpc) is 2.39. The minimum Gasteiger partial charge on any atom is -0.499 e. The second-order valence-electron chi connectivity index (χ2n) is 3.28. The third-order valence-corrected chi connectivity index (χ3v) is 2.01. The van der Waals surface area contributed by atoms with Gasteiger partial charge in [0.25, 0.3) is 0 Å². The Morgan fingerprint density at radius 3 is 1.94 bits per heavy atom. The molecule has 0 spiro atoms. The topological polar surface area (TPSA) is 57.2 Å². The van der Waals surface area contributed by atoms with Crippen LogP contribution in [0.1, 0.15) is 6.42 Å². The molecular weight excluding hydrogens is 260 g/mol. The van der Waals surface area contributed by atoms with E-state index in [4.69, 9.17) is 35.7 Å². The van der Waals surface area contributed by atoms with E-state index < -0.39 is 0 Å². The number of rotatable bonds is 14. The number of allylic oxidation sites excluding steroid dienone is 1. The van der Waals surface area contributed by atoms with E-state index in [9.17, 15) is 0 Å². The number of ether oxygens (including phenoxy) is 4. The molecule has 0 aromatic carbocycles. The Bertz CT molecular complexity index is 178. The molecule has 0 aliphatic rings. The van der Waals surface area contributed by atoms with Crippen LogP contribution in [-0.4, -0.2) is 63.8 Å². The van der Waals surface area contributed by atoms with Gasteiger partial charge in [0.15, 0.2) is 0 Å². The van der Waals surface area contributed by atoms with Gasteiger partial charge in [0.2, 0.25) is 0 Å². The van der Waals surface area contributed by atoms with Gasteiger partial charge in [0.1, 0.15) is 6.61 Å². The van der Waals surface area contributed by atoms with Crippen molar-refractivity contribution in [1.29, 1.82) is 0 Å². The first kappa shape index (κ1) is 17.7. The molecule has 0 saturated carbocycles. The molecule has 0 unspecified atom stereocenters. The quantitative estimate of drug-likeness (QED) is 0.295. The summed E-state index contributed by atoms with van der Waals surface area (Å²) < 4.78 is 20.7. The molecule has 0 radical (unpaired) electrons. The fraction of sp³-hybridized carbons (Fsp3) is 0.833. The lowest BCUT2D eigenvalue weighted by Gasteiger charge is -2.06. The minimum absolute atomic E-state index is 0.0441. The summed E-state index contributed by atoms with van der Waals surface area (Å²) >= 11 is 5.49. The lowest BCUT2D eigenvalue weighted by molar-refractivity contribution is 0.00133. The summed E-state index contributed by atoms with van der Waals surface area (Å²) in [6.07, 6.45) is 4.33. The maximum Gasteiger partial charge on any atom is 0.111 e. The Balaban J connectivity index is 2.94. The summed E-state index contributed by atoms with van der Waals surface area (Å²) in [6.45, 7) is 3.54. The number of hydrogen-bond acceptors (Lipinski definition) is 5. The van der Waals surface area contributed by atoms with Crippen LogP contribution in [0, 0.1) is 0 Å². The second kappa shape index (κ2) is 16.7. The largest absolute Gasteiger partial charge is 0.499 e. The zero-order chi connectivity index (χ0) is 13.3. The van der Waals surface area contributed by atoms with Crippen LogP contribution in [-0.2, 0) is 18.9 Å². The van der Waals surface area contributed by atoms with Crippen LogP contribution in [0.15, 0.2) is 12.3 Å². The number of halogens is 1. The molecule has 6 heteroatoms. The highest BCUT2D eigenvalue weighted by Gasteiger charge is 1.91. The van der Waals surface area contributed by atoms with Gasteiger partial charge >= 0.3 is 0 Å². The number of aliphatic hydroxyl groups excluding tert-OH is 1. The van der Waals surface area contributed by atoms with Gasteiger partial charge in [-0.3, -0.25) is 0 Å². The Labute approximate surface area is 114 Å². The number of aliphatic hydroxyl groups is 1. The molecule has 0 saturated heterocycles. The highest BCUT2D eigenvalue weighted by molar-refractivity contribution is 6.17. The molecule has 0 fully saturated rings. The Morgan fingerprint density at radius 1 is 0.833 bits per heavy atom. The molecule has 0 aromatic rings. The Morgan fingerprint density at radius 2 is 1.39 bits per heavy atom. The highest BCUT2D eigenvalue weighted by Crippen LogP contribution is 1.88. The normalized spacial score (nSPS) is 11.2. The zero-order valence-electron chi connectivity index (χ0n) is 10.7. The highest BCUT2D eigenvalue weighted by atomic mass is 35.5. The fourth-order valence-corrected chi connectivity index (χ4v) is 1.11. The minimum atomic E-state index is 0.0441. The predicted molar refractivity (Wildman–Crippen MR) is 70.0 cm³/mol. The van der Waals surface area contributed by atoms with E-state index in [2.05, 4.69) is 0 Å². The summed E-state index contributed by atoms with van der Waals surface area (Å²) in [4.78, 5) is 0. The van der Waals surface area contributed by atoms with Gasteiger partial charge < -0.3 is 24.1 Å². The van der Waals surface area contributed by atoms with Crippen molar-refractivity contribution in [1.82, 2.24) is 0 Å². The maximum absolute atomic E-state index is 8.45. The molecule has 0 aromatic heterocycles. The first-order chi connectivity index (χ1) is 8.91. The molecule has 18 heavy (non-hydrogen) atoms. The third-order valence-electron chi connectivity index (χ3n) is 1.79. The van der Waals surface area contributed by atoms with Crippen LogP contribution in [0.3, 0.4) is 0 Å². The standard InChI is InChI=1S/C12H23ClO5/c13-3-1-2-5-15-7-9-17-11-12-18-10-8-16-6-4-14/h2,5,14H,1,3-4,6-12H2. The van der Waals surface area contributed by atoms with E-state index in [0.717, 1.165) is 6.42 Å². The van der Waals surface area contributed by atoms with Crippen molar-refractivity contribution in [3.05, 3.63) is 12.3 Å². The molecule has 0 heterocycles. The van der Waals surface area contributed by atoms with Crippen molar-refractivity contribution in [2.45, 2.75) is 6.42 Å². The van der Waals surface area contributed by atoms with Crippen LogP contribution in [0.25, 0.3) is 0 Å². The van der Waals surface area contributed by atoms with Crippen molar-refractivity contribution in [3.63, 3.8) is 0 Å². The second-order valence-corrected chi connectivity index (χ2v) is 3.66. The van der Waals surface area contributed by atoms with Crippen molar-refractivity contribution >= 4 is 11.6 Å². The summed E-state index contributed by atoms with van der Waals surface area (Å²) in [5.74, 6) is 0.607.